The van der Waals surface area contributed by atoms with Crippen LogP contribution in [0.2, 0.25) is 0 Å². The Balaban J connectivity index is 3.34. The number of benzene rings is 1. The number of ether oxygens (including phenoxy) is 1. The quantitative estimate of drug-likeness (QED) is 0.361. The van der Waals surface area contributed by atoms with E-state index < -0.39 is 30.5 Å². The van der Waals surface area contributed by atoms with Gasteiger partial charge in [0.1, 0.15) is 0 Å². The van der Waals surface area contributed by atoms with Crippen LogP contribution in [0.15, 0.2) is 17.0 Å². The number of nitro groups is 1. The van der Waals surface area contributed by atoms with E-state index in [9.17, 15) is 23.3 Å². The molecule has 0 atom stereocenters. The number of amides is 1. The lowest BCUT2D eigenvalue weighted by Gasteiger charge is -2.10. The summed E-state index contributed by atoms with van der Waals surface area (Å²) in [6, 6.07) is 1.83. The predicted molar refractivity (Wildman–Crippen MR) is 75.1 cm³/mol. The van der Waals surface area contributed by atoms with Crippen molar-refractivity contribution in [1.82, 2.24) is 5.32 Å². The number of nitro benzene ring substituents is 1. The molecule has 0 fully saturated rings. The second-order valence-corrected chi connectivity index (χ2v) is 6.59. The molecule has 1 rings (SSSR count). The number of hydrogen-bond acceptors (Lipinski definition) is 6. The van der Waals surface area contributed by atoms with Crippen molar-refractivity contribution in [2.75, 3.05) is 20.3 Å². The Morgan fingerprint density at radius 2 is 2.10 bits per heavy atom. The lowest BCUT2D eigenvalue weighted by atomic mass is 10.1. The molecule has 10 heteroatoms. The fourth-order valence-corrected chi connectivity index (χ4v) is 2.85. The van der Waals surface area contributed by atoms with Gasteiger partial charge in [0.15, 0.2) is 0 Å². The van der Waals surface area contributed by atoms with Gasteiger partial charge in [0.2, 0.25) is 0 Å². The molecule has 1 amide bonds. The smallest absolute Gasteiger partial charge is 0.271 e. The number of methoxy groups -OCH3 is 1. The first-order chi connectivity index (χ1) is 9.68. The number of hydrogen-bond donors (Lipinski definition) is 1. The zero-order valence-electron chi connectivity index (χ0n) is 11.3. The second kappa shape index (κ2) is 6.83. The third-order valence-electron chi connectivity index (χ3n) is 2.65. The van der Waals surface area contributed by atoms with Crippen molar-refractivity contribution < 1.29 is 22.9 Å². The number of nitrogens with zero attached hydrogens (tertiary/aromatic N) is 1. The van der Waals surface area contributed by atoms with Crippen LogP contribution in [0.25, 0.3) is 0 Å². The van der Waals surface area contributed by atoms with Gasteiger partial charge in [-0.15, -0.1) is 0 Å². The van der Waals surface area contributed by atoms with Gasteiger partial charge in [-0.25, -0.2) is 8.42 Å². The molecule has 0 bridgehead atoms. The highest BCUT2D eigenvalue weighted by molar-refractivity contribution is 8.13. The molecule has 0 saturated heterocycles. The summed E-state index contributed by atoms with van der Waals surface area (Å²) in [5.74, 6) is -0.644. The van der Waals surface area contributed by atoms with Crippen LogP contribution in [0.5, 0.6) is 0 Å². The van der Waals surface area contributed by atoms with Crippen LogP contribution in [0, 0.1) is 17.0 Å². The molecule has 0 saturated carbocycles. The van der Waals surface area contributed by atoms with E-state index in [0.717, 1.165) is 12.1 Å². The Bertz CT molecular complexity index is 674. The topological polar surface area (TPSA) is 116 Å². The van der Waals surface area contributed by atoms with Gasteiger partial charge >= 0.3 is 0 Å². The number of non-ortho nitro benzene ring substituents is 1. The Labute approximate surface area is 125 Å². The van der Waals surface area contributed by atoms with Crippen molar-refractivity contribution in [3.63, 3.8) is 0 Å². The number of halogens is 1. The van der Waals surface area contributed by atoms with Crippen LogP contribution in [-0.2, 0) is 13.8 Å². The number of rotatable bonds is 6. The van der Waals surface area contributed by atoms with Crippen molar-refractivity contribution in [3.05, 3.63) is 33.4 Å². The molecule has 0 aliphatic carbocycles. The van der Waals surface area contributed by atoms with E-state index in [0.29, 0.717) is 0 Å². The van der Waals surface area contributed by atoms with Crippen LogP contribution in [0.4, 0.5) is 5.69 Å². The van der Waals surface area contributed by atoms with Crippen molar-refractivity contribution in [2.45, 2.75) is 11.8 Å². The highest BCUT2D eigenvalue weighted by atomic mass is 35.7. The highest BCUT2D eigenvalue weighted by Crippen LogP contribution is 2.28. The van der Waals surface area contributed by atoms with Crippen LogP contribution in [0.3, 0.4) is 0 Å². The maximum Gasteiger partial charge on any atom is 0.271 e. The molecule has 0 aromatic heterocycles. The van der Waals surface area contributed by atoms with Gasteiger partial charge in [0.25, 0.3) is 20.6 Å². The summed E-state index contributed by atoms with van der Waals surface area (Å²) < 4.78 is 27.7. The third-order valence-corrected chi connectivity index (χ3v) is 4.10. The second-order valence-electron chi connectivity index (χ2n) is 4.06. The van der Waals surface area contributed by atoms with Gasteiger partial charge < -0.3 is 10.1 Å². The molecule has 1 aromatic rings. The first-order valence-corrected chi connectivity index (χ1v) is 8.00. The largest absolute Gasteiger partial charge is 0.383 e. The first-order valence-electron chi connectivity index (χ1n) is 5.69. The van der Waals surface area contributed by atoms with Gasteiger partial charge in [-0.1, -0.05) is 0 Å². The van der Waals surface area contributed by atoms with Gasteiger partial charge in [0, 0.05) is 36.5 Å². The van der Waals surface area contributed by atoms with E-state index in [-0.39, 0.29) is 24.3 Å². The van der Waals surface area contributed by atoms with E-state index in [1.165, 1.54) is 14.0 Å². The molecule has 0 aliphatic heterocycles. The summed E-state index contributed by atoms with van der Waals surface area (Å²) in [5, 5.41) is 13.3. The normalized spacial score (nSPS) is 11.2. The average Bonchev–Trinajstić information content (AvgIpc) is 2.37. The SMILES string of the molecule is COCCNC(=O)c1cc([N+](=O)[O-])cc(S(=O)(=O)Cl)c1C. The summed E-state index contributed by atoms with van der Waals surface area (Å²) in [6.07, 6.45) is 0. The Morgan fingerprint density at radius 1 is 1.48 bits per heavy atom. The van der Waals surface area contributed by atoms with Gasteiger partial charge in [0.05, 0.1) is 22.0 Å². The van der Waals surface area contributed by atoms with E-state index in [2.05, 4.69) is 5.32 Å². The molecule has 21 heavy (non-hydrogen) atoms. The summed E-state index contributed by atoms with van der Waals surface area (Å²) in [6.45, 7) is 1.78. The number of carbonyl (C=O) groups excluding carboxylic acids is 1. The minimum absolute atomic E-state index is 0.0468. The minimum Gasteiger partial charge on any atom is -0.383 e. The summed E-state index contributed by atoms with van der Waals surface area (Å²) in [4.78, 5) is 21.6. The van der Waals surface area contributed by atoms with E-state index in [1.54, 1.807) is 0 Å². The zero-order valence-corrected chi connectivity index (χ0v) is 12.8. The molecule has 0 heterocycles. The Hall–Kier alpha value is -1.71. The average molecular weight is 337 g/mol. The Morgan fingerprint density at radius 3 is 2.57 bits per heavy atom. The lowest BCUT2D eigenvalue weighted by molar-refractivity contribution is -0.385. The molecule has 0 spiro atoms. The van der Waals surface area contributed by atoms with Crippen LogP contribution in [-0.4, -0.2) is 39.5 Å². The predicted octanol–water partition coefficient (Wildman–Crippen LogP) is 1.21. The van der Waals surface area contributed by atoms with Crippen LogP contribution >= 0.6 is 10.7 Å². The van der Waals surface area contributed by atoms with Crippen molar-refractivity contribution in [3.8, 4) is 0 Å². The maximum absolute atomic E-state index is 12.0. The van der Waals surface area contributed by atoms with Crippen molar-refractivity contribution >= 4 is 31.3 Å². The monoisotopic (exact) mass is 336 g/mol. The molecular formula is C11H13ClN2O6S. The zero-order chi connectivity index (χ0) is 16.2. The van der Waals surface area contributed by atoms with Crippen LogP contribution < -0.4 is 5.32 Å². The van der Waals surface area contributed by atoms with Gasteiger partial charge in [-0.2, -0.15) is 0 Å². The summed E-state index contributed by atoms with van der Waals surface area (Å²) in [5.41, 5.74) is -0.609. The first kappa shape index (κ1) is 17.3. The molecule has 0 unspecified atom stereocenters. The summed E-state index contributed by atoms with van der Waals surface area (Å²) >= 11 is 0. The summed E-state index contributed by atoms with van der Waals surface area (Å²) in [7, 11) is 2.48. The van der Waals surface area contributed by atoms with Crippen molar-refractivity contribution in [1.29, 1.82) is 0 Å². The van der Waals surface area contributed by atoms with E-state index >= 15 is 0 Å². The lowest BCUT2D eigenvalue weighted by Crippen LogP contribution is -2.28. The minimum atomic E-state index is -4.21. The number of carbonyl (C=O) groups is 1. The number of nitrogens with one attached hydrogen (secondary N) is 1. The maximum atomic E-state index is 12.0. The Kier molecular flexibility index (Phi) is 5.64. The molecule has 1 aromatic carbocycles. The van der Waals surface area contributed by atoms with Crippen molar-refractivity contribution in [2.24, 2.45) is 0 Å². The third kappa shape index (κ3) is 4.38. The molecule has 1 N–H and O–H groups in total. The fraction of sp³-hybridized carbons (Fsp3) is 0.364. The standard InChI is InChI=1S/C11H13ClN2O6S/c1-7-9(11(15)13-3-4-20-2)5-8(14(16)17)6-10(7)21(12,18)19/h5-6H,3-4H2,1-2H3,(H,13,15). The molecular weight excluding hydrogens is 324 g/mol. The molecule has 0 radical (unpaired) electrons. The van der Waals surface area contributed by atoms with Crippen LogP contribution in [0.1, 0.15) is 15.9 Å². The van der Waals surface area contributed by atoms with Gasteiger partial charge in [-0.05, 0) is 12.5 Å². The highest BCUT2D eigenvalue weighted by Gasteiger charge is 2.24. The van der Waals surface area contributed by atoms with Gasteiger partial charge in [-0.3, -0.25) is 14.9 Å². The molecule has 116 valence electrons. The molecule has 0 aliphatic rings. The molecule has 8 nitrogen and oxygen atoms in total. The fourth-order valence-electron chi connectivity index (χ4n) is 1.63. The van der Waals surface area contributed by atoms with E-state index in [1.807, 2.05) is 0 Å². The van der Waals surface area contributed by atoms with E-state index in [4.69, 9.17) is 15.4 Å².